The molecule has 0 amide bonds. The van der Waals surface area contributed by atoms with Crippen molar-refractivity contribution < 1.29 is 14.3 Å². The van der Waals surface area contributed by atoms with Crippen LogP contribution >= 0.6 is 0 Å². The molecule has 0 aliphatic heterocycles. The summed E-state index contributed by atoms with van der Waals surface area (Å²) in [5, 5.41) is 0. The quantitative estimate of drug-likeness (QED) is 0.739. The summed E-state index contributed by atoms with van der Waals surface area (Å²) in [7, 11) is 0. The van der Waals surface area contributed by atoms with Gasteiger partial charge in [-0.2, -0.15) is 0 Å². The first-order valence-corrected chi connectivity index (χ1v) is 7.97. The van der Waals surface area contributed by atoms with Crippen molar-refractivity contribution in [2.45, 2.75) is 66.2 Å². The summed E-state index contributed by atoms with van der Waals surface area (Å²) in [4.78, 5) is 23.8. The highest BCUT2D eigenvalue weighted by Crippen LogP contribution is 2.59. The molecule has 0 aromatic rings. The van der Waals surface area contributed by atoms with Gasteiger partial charge in [0.2, 0.25) is 0 Å². The van der Waals surface area contributed by atoms with Crippen LogP contribution in [0.4, 0.5) is 0 Å². The molecule has 2 aliphatic rings. The van der Waals surface area contributed by atoms with E-state index in [2.05, 4.69) is 20.8 Å². The summed E-state index contributed by atoms with van der Waals surface area (Å²) >= 11 is 0. The van der Waals surface area contributed by atoms with Gasteiger partial charge in [-0.15, -0.1) is 0 Å². The van der Waals surface area contributed by atoms with Crippen LogP contribution in [0.25, 0.3) is 0 Å². The lowest BCUT2D eigenvalue weighted by Crippen LogP contribution is -2.55. The monoisotopic (exact) mass is 280 g/mol. The molecule has 0 aromatic carbocycles. The van der Waals surface area contributed by atoms with Gasteiger partial charge in [-0.05, 0) is 43.9 Å². The maximum Gasteiger partial charge on any atom is 0.302 e. The first-order valence-electron chi connectivity index (χ1n) is 7.97. The van der Waals surface area contributed by atoms with Crippen molar-refractivity contribution in [2.75, 3.05) is 6.61 Å². The van der Waals surface area contributed by atoms with Gasteiger partial charge in [-0.1, -0.05) is 20.8 Å². The van der Waals surface area contributed by atoms with Crippen molar-refractivity contribution >= 4 is 11.8 Å². The second-order valence-electron chi connectivity index (χ2n) is 7.42. The van der Waals surface area contributed by atoms with Gasteiger partial charge in [-0.25, -0.2) is 0 Å². The lowest BCUT2D eigenvalue weighted by molar-refractivity contribution is -0.167. The van der Waals surface area contributed by atoms with Crippen LogP contribution in [-0.4, -0.2) is 18.4 Å². The SMILES string of the molecule is CC(=O)OCC12CCCC(=O)C1(C)CC(C(C)C)CC2. The number of rotatable bonds is 3. The van der Waals surface area contributed by atoms with E-state index in [1.165, 1.54) is 6.92 Å². The minimum absolute atomic E-state index is 0.112. The zero-order valence-corrected chi connectivity index (χ0v) is 13.3. The zero-order chi connectivity index (χ0) is 15.0. The molecule has 0 N–H and O–H groups in total. The number of carbonyl (C=O) groups excluding carboxylic acids is 2. The summed E-state index contributed by atoms with van der Waals surface area (Å²) in [6, 6.07) is 0. The Hall–Kier alpha value is -0.860. The summed E-state index contributed by atoms with van der Waals surface area (Å²) in [6.07, 6.45) is 5.80. The van der Waals surface area contributed by atoms with E-state index in [0.717, 1.165) is 32.1 Å². The van der Waals surface area contributed by atoms with E-state index in [4.69, 9.17) is 4.74 Å². The summed E-state index contributed by atoms with van der Waals surface area (Å²) in [5.41, 5.74) is -0.409. The van der Waals surface area contributed by atoms with Crippen molar-refractivity contribution in [3.05, 3.63) is 0 Å². The molecular formula is C17H28O3. The normalized spacial score (nSPS) is 37.6. The number of Topliss-reactive ketones (excluding diaryl/α,β-unsaturated/α-hetero) is 1. The lowest BCUT2D eigenvalue weighted by Gasteiger charge is -2.56. The molecule has 3 nitrogen and oxygen atoms in total. The van der Waals surface area contributed by atoms with Gasteiger partial charge < -0.3 is 4.74 Å². The predicted octanol–water partition coefficient (Wildman–Crippen LogP) is 3.75. The predicted molar refractivity (Wildman–Crippen MR) is 78.2 cm³/mol. The Balaban J connectivity index is 2.27. The van der Waals surface area contributed by atoms with E-state index in [1.54, 1.807) is 0 Å². The number of ether oxygens (including phenoxy) is 1. The third kappa shape index (κ3) is 2.51. The number of hydrogen-bond donors (Lipinski definition) is 0. The molecule has 2 saturated carbocycles. The Bertz CT molecular complexity index is 401. The van der Waals surface area contributed by atoms with Crippen LogP contribution in [-0.2, 0) is 14.3 Å². The molecule has 20 heavy (non-hydrogen) atoms. The van der Waals surface area contributed by atoms with E-state index < -0.39 is 0 Å². The Morgan fingerprint density at radius 2 is 2.10 bits per heavy atom. The fraction of sp³-hybridized carbons (Fsp3) is 0.882. The van der Waals surface area contributed by atoms with Crippen LogP contribution in [0.3, 0.4) is 0 Å². The fourth-order valence-electron chi connectivity index (χ4n) is 4.37. The van der Waals surface area contributed by atoms with Gasteiger partial charge in [-0.3, -0.25) is 9.59 Å². The van der Waals surface area contributed by atoms with Gasteiger partial charge in [0.1, 0.15) is 5.78 Å². The maximum atomic E-state index is 12.6. The molecule has 2 aliphatic carbocycles. The van der Waals surface area contributed by atoms with Gasteiger partial charge in [0.15, 0.2) is 0 Å². The second-order valence-corrected chi connectivity index (χ2v) is 7.42. The number of esters is 1. The van der Waals surface area contributed by atoms with Crippen molar-refractivity contribution in [3.8, 4) is 0 Å². The minimum Gasteiger partial charge on any atom is -0.465 e. The molecular weight excluding hydrogens is 252 g/mol. The molecule has 0 radical (unpaired) electrons. The van der Waals surface area contributed by atoms with E-state index in [-0.39, 0.29) is 16.8 Å². The van der Waals surface area contributed by atoms with Crippen LogP contribution in [0.1, 0.15) is 66.2 Å². The molecule has 3 unspecified atom stereocenters. The maximum absolute atomic E-state index is 12.6. The molecule has 3 atom stereocenters. The van der Waals surface area contributed by atoms with E-state index in [1.807, 2.05) is 0 Å². The average Bonchev–Trinajstić information content (AvgIpc) is 2.37. The minimum atomic E-state index is -0.298. The highest BCUT2D eigenvalue weighted by Gasteiger charge is 2.57. The molecule has 0 saturated heterocycles. The number of ketones is 1. The van der Waals surface area contributed by atoms with Crippen molar-refractivity contribution in [2.24, 2.45) is 22.7 Å². The molecule has 0 aromatic heterocycles. The van der Waals surface area contributed by atoms with Crippen LogP contribution in [0, 0.1) is 22.7 Å². The van der Waals surface area contributed by atoms with Gasteiger partial charge >= 0.3 is 5.97 Å². The van der Waals surface area contributed by atoms with Crippen molar-refractivity contribution in [1.29, 1.82) is 0 Å². The standard InChI is InChI=1S/C17H28O3/c1-12(2)14-7-9-17(11-20-13(3)18)8-5-6-15(19)16(17,4)10-14/h12,14H,5-11H2,1-4H3. The van der Waals surface area contributed by atoms with Gasteiger partial charge in [0, 0.05) is 24.2 Å². The summed E-state index contributed by atoms with van der Waals surface area (Å²) in [5.74, 6) is 1.40. The van der Waals surface area contributed by atoms with E-state index in [9.17, 15) is 9.59 Å². The Labute approximate surface area is 122 Å². The van der Waals surface area contributed by atoms with Crippen LogP contribution in [0.5, 0.6) is 0 Å². The van der Waals surface area contributed by atoms with Gasteiger partial charge in [0.05, 0.1) is 6.61 Å². The van der Waals surface area contributed by atoms with E-state index in [0.29, 0.717) is 30.6 Å². The average molecular weight is 280 g/mol. The molecule has 0 heterocycles. The van der Waals surface area contributed by atoms with Crippen LogP contribution in [0.2, 0.25) is 0 Å². The molecule has 0 bridgehead atoms. The first kappa shape index (κ1) is 15.5. The summed E-state index contributed by atoms with van der Waals surface area (Å²) < 4.78 is 5.36. The smallest absolute Gasteiger partial charge is 0.302 e. The highest BCUT2D eigenvalue weighted by molar-refractivity contribution is 5.86. The molecule has 2 fully saturated rings. The largest absolute Gasteiger partial charge is 0.465 e. The Morgan fingerprint density at radius 3 is 2.70 bits per heavy atom. The Morgan fingerprint density at radius 1 is 1.40 bits per heavy atom. The van der Waals surface area contributed by atoms with Crippen molar-refractivity contribution in [3.63, 3.8) is 0 Å². The Kier molecular flexibility index (Phi) is 4.27. The van der Waals surface area contributed by atoms with Crippen LogP contribution in [0.15, 0.2) is 0 Å². The second kappa shape index (κ2) is 5.50. The first-order chi connectivity index (χ1) is 9.31. The number of hydrogen-bond acceptors (Lipinski definition) is 3. The van der Waals surface area contributed by atoms with Gasteiger partial charge in [0.25, 0.3) is 0 Å². The highest BCUT2D eigenvalue weighted by atomic mass is 16.5. The molecule has 0 spiro atoms. The number of fused-ring (bicyclic) bond motifs is 1. The third-order valence-electron chi connectivity index (χ3n) is 6.00. The third-order valence-corrected chi connectivity index (χ3v) is 6.00. The summed E-state index contributed by atoms with van der Waals surface area (Å²) in [6.45, 7) is 8.51. The van der Waals surface area contributed by atoms with E-state index >= 15 is 0 Å². The molecule has 114 valence electrons. The molecule has 2 rings (SSSR count). The molecule has 3 heteroatoms. The fourth-order valence-corrected chi connectivity index (χ4v) is 4.37. The zero-order valence-electron chi connectivity index (χ0n) is 13.3. The van der Waals surface area contributed by atoms with Crippen molar-refractivity contribution in [1.82, 2.24) is 0 Å². The lowest BCUT2D eigenvalue weighted by atomic mass is 9.48. The number of carbonyl (C=O) groups is 2. The topological polar surface area (TPSA) is 43.4 Å². The van der Waals surface area contributed by atoms with Crippen LogP contribution < -0.4 is 0 Å².